The van der Waals surface area contributed by atoms with Crippen LogP contribution in [0.1, 0.15) is 49.9 Å². The molecule has 2 aliphatic rings. The molecule has 144 valence electrons. The van der Waals surface area contributed by atoms with Crippen molar-refractivity contribution in [3.05, 3.63) is 36.2 Å². The fourth-order valence-corrected chi connectivity index (χ4v) is 4.21. The Labute approximate surface area is 158 Å². The molecular weight excluding hydrogens is 344 g/mol. The Hall–Kier alpha value is -2.57. The molecule has 0 radical (unpaired) electrons. The first-order valence-electron chi connectivity index (χ1n) is 9.74. The van der Waals surface area contributed by atoms with Gasteiger partial charge in [0.25, 0.3) is 5.91 Å². The average molecular weight is 370 g/mol. The SMILES string of the molecule is CCC[C@@H](C)N1CC2(CCN(C(=O)c3cnn4ccccc34)CC2)OC1=O. The Morgan fingerprint density at radius 3 is 2.85 bits per heavy atom. The van der Waals surface area contributed by atoms with E-state index in [1.54, 1.807) is 10.7 Å². The van der Waals surface area contributed by atoms with Gasteiger partial charge in [0.15, 0.2) is 0 Å². The van der Waals surface area contributed by atoms with Gasteiger partial charge in [-0.25, -0.2) is 9.31 Å². The first-order valence-corrected chi connectivity index (χ1v) is 9.74. The fraction of sp³-hybridized carbons (Fsp3) is 0.550. The second kappa shape index (κ2) is 6.87. The summed E-state index contributed by atoms with van der Waals surface area (Å²) in [7, 11) is 0. The highest BCUT2D eigenvalue weighted by molar-refractivity contribution is 6.00. The van der Waals surface area contributed by atoms with Crippen molar-refractivity contribution in [2.45, 2.75) is 51.2 Å². The molecule has 0 unspecified atom stereocenters. The predicted octanol–water partition coefficient (Wildman–Crippen LogP) is 2.95. The molecule has 2 amide bonds. The summed E-state index contributed by atoms with van der Waals surface area (Å²) in [4.78, 5) is 29.0. The van der Waals surface area contributed by atoms with Gasteiger partial charge in [-0.3, -0.25) is 4.79 Å². The van der Waals surface area contributed by atoms with Crippen molar-refractivity contribution in [2.75, 3.05) is 19.6 Å². The van der Waals surface area contributed by atoms with Crippen LogP contribution in [0.15, 0.2) is 30.6 Å². The van der Waals surface area contributed by atoms with Crippen LogP contribution in [0.3, 0.4) is 0 Å². The minimum Gasteiger partial charge on any atom is -0.441 e. The maximum atomic E-state index is 13.0. The van der Waals surface area contributed by atoms with E-state index in [2.05, 4.69) is 18.9 Å². The smallest absolute Gasteiger partial charge is 0.410 e. The van der Waals surface area contributed by atoms with E-state index in [-0.39, 0.29) is 18.0 Å². The van der Waals surface area contributed by atoms with E-state index in [4.69, 9.17) is 4.74 Å². The fourth-order valence-electron chi connectivity index (χ4n) is 4.21. The quantitative estimate of drug-likeness (QED) is 0.830. The molecule has 2 aromatic rings. The highest BCUT2D eigenvalue weighted by Crippen LogP contribution is 2.35. The Bertz CT molecular complexity index is 854. The van der Waals surface area contributed by atoms with E-state index in [0.29, 0.717) is 38.0 Å². The van der Waals surface area contributed by atoms with Crippen molar-refractivity contribution in [1.82, 2.24) is 19.4 Å². The highest BCUT2D eigenvalue weighted by Gasteiger charge is 2.48. The zero-order valence-electron chi connectivity index (χ0n) is 15.9. The van der Waals surface area contributed by atoms with Crippen molar-refractivity contribution >= 4 is 17.5 Å². The van der Waals surface area contributed by atoms with Gasteiger partial charge in [-0.2, -0.15) is 5.10 Å². The third-order valence-corrected chi connectivity index (χ3v) is 5.85. The third kappa shape index (κ3) is 3.15. The van der Waals surface area contributed by atoms with Crippen LogP contribution < -0.4 is 0 Å². The molecule has 1 atom stereocenters. The number of carbonyl (C=O) groups excluding carboxylic acids is 2. The van der Waals surface area contributed by atoms with E-state index in [9.17, 15) is 9.59 Å². The molecule has 27 heavy (non-hydrogen) atoms. The van der Waals surface area contributed by atoms with E-state index < -0.39 is 5.60 Å². The summed E-state index contributed by atoms with van der Waals surface area (Å²) in [5.74, 6) is -0.00780. The van der Waals surface area contributed by atoms with Gasteiger partial charge in [0.1, 0.15) is 5.60 Å². The number of hydrogen-bond donors (Lipinski definition) is 0. The topological polar surface area (TPSA) is 67.2 Å². The number of pyridine rings is 1. The number of rotatable bonds is 4. The molecule has 4 heterocycles. The van der Waals surface area contributed by atoms with Crippen molar-refractivity contribution < 1.29 is 14.3 Å². The lowest BCUT2D eigenvalue weighted by Gasteiger charge is -2.37. The molecule has 0 N–H and O–H groups in total. The summed E-state index contributed by atoms with van der Waals surface area (Å²) in [5.41, 5.74) is 0.986. The van der Waals surface area contributed by atoms with Crippen molar-refractivity contribution in [3.8, 4) is 0 Å². The molecule has 4 rings (SSSR count). The first kappa shape index (κ1) is 17.8. The number of amides is 2. The number of piperidine rings is 1. The molecule has 0 aromatic carbocycles. The van der Waals surface area contributed by atoms with Crippen LogP contribution in [0.4, 0.5) is 4.79 Å². The highest BCUT2D eigenvalue weighted by atomic mass is 16.6. The second-order valence-corrected chi connectivity index (χ2v) is 7.70. The summed E-state index contributed by atoms with van der Waals surface area (Å²) in [6, 6.07) is 5.89. The van der Waals surface area contributed by atoms with E-state index in [1.807, 2.05) is 34.2 Å². The van der Waals surface area contributed by atoms with E-state index in [0.717, 1.165) is 18.4 Å². The number of nitrogens with zero attached hydrogens (tertiary/aromatic N) is 4. The molecule has 7 heteroatoms. The normalized spacial score (nSPS) is 20.3. The van der Waals surface area contributed by atoms with Gasteiger partial charge in [0, 0.05) is 38.2 Å². The van der Waals surface area contributed by atoms with Crippen LogP contribution in [0.2, 0.25) is 0 Å². The minimum absolute atomic E-state index is 0.00780. The number of hydrogen-bond acceptors (Lipinski definition) is 4. The Morgan fingerprint density at radius 2 is 2.11 bits per heavy atom. The minimum atomic E-state index is -0.447. The van der Waals surface area contributed by atoms with Crippen LogP contribution in [-0.4, -0.2) is 62.7 Å². The number of aromatic nitrogens is 2. The van der Waals surface area contributed by atoms with Gasteiger partial charge in [0.2, 0.25) is 0 Å². The van der Waals surface area contributed by atoms with Crippen LogP contribution in [0.25, 0.3) is 5.52 Å². The lowest BCUT2D eigenvalue weighted by atomic mass is 9.90. The average Bonchev–Trinajstić information content (AvgIpc) is 3.23. The Balaban J connectivity index is 1.43. The van der Waals surface area contributed by atoms with Crippen LogP contribution in [-0.2, 0) is 4.74 Å². The molecule has 2 fully saturated rings. The van der Waals surface area contributed by atoms with Crippen molar-refractivity contribution in [1.29, 1.82) is 0 Å². The standard InChI is InChI=1S/C20H26N4O3/c1-3-6-15(2)23-14-20(27-19(23)26)8-11-22(12-9-20)18(25)16-13-21-24-10-5-4-7-17(16)24/h4-5,7,10,13,15H,3,6,8-9,11-12,14H2,1-2H3/t15-/m1/s1. The molecule has 0 aliphatic carbocycles. The van der Waals surface area contributed by atoms with E-state index in [1.165, 1.54) is 0 Å². The third-order valence-electron chi connectivity index (χ3n) is 5.85. The first-order chi connectivity index (χ1) is 13.0. The van der Waals surface area contributed by atoms with Crippen molar-refractivity contribution in [2.24, 2.45) is 0 Å². The summed E-state index contributed by atoms with van der Waals surface area (Å²) >= 11 is 0. The molecular formula is C20H26N4O3. The number of likely N-dealkylation sites (tertiary alicyclic amines) is 1. The summed E-state index contributed by atoms with van der Waals surface area (Å²) in [6.07, 6.45) is 6.63. The number of carbonyl (C=O) groups is 2. The number of ether oxygens (including phenoxy) is 1. The second-order valence-electron chi connectivity index (χ2n) is 7.70. The van der Waals surface area contributed by atoms with E-state index >= 15 is 0 Å². The molecule has 2 aromatic heterocycles. The zero-order valence-corrected chi connectivity index (χ0v) is 15.9. The molecule has 0 saturated carbocycles. The van der Waals surface area contributed by atoms with Crippen LogP contribution in [0, 0.1) is 0 Å². The molecule has 0 bridgehead atoms. The van der Waals surface area contributed by atoms with Gasteiger partial charge in [-0.05, 0) is 25.5 Å². The van der Waals surface area contributed by atoms with Gasteiger partial charge >= 0.3 is 6.09 Å². The Morgan fingerprint density at radius 1 is 1.33 bits per heavy atom. The van der Waals surface area contributed by atoms with Crippen LogP contribution >= 0.6 is 0 Å². The van der Waals surface area contributed by atoms with Gasteiger partial charge in [-0.15, -0.1) is 0 Å². The van der Waals surface area contributed by atoms with Gasteiger partial charge in [0.05, 0.1) is 23.8 Å². The maximum absolute atomic E-state index is 13.0. The monoisotopic (exact) mass is 370 g/mol. The molecule has 2 aliphatic heterocycles. The molecule has 7 nitrogen and oxygen atoms in total. The molecule has 2 saturated heterocycles. The van der Waals surface area contributed by atoms with Crippen LogP contribution in [0.5, 0.6) is 0 Å². The zero-order chi connectivity index (χ0) is 19.0. The lowest BCUT2D eigenvalue weighted by Crippen LogP contribution is -2.49. The van der Waals surface area contributed by atoms with Gasteiger partial charge in [-0.1, -0.05) is 19.4 Å². The molecule has 1 spiro atoms. The summed E-state index contributed by atoms with van der Waals surface area (Å²) < 4.78 is 7.50. The largest absolute Gasteiger partial charge is 0.441 e. The van der Waals surface area contributed by atoms with Gasteiger partial charge < -0.3 is 14.5 Å². The number of fused-ring (bicyclic) bond motifs is 1. The Kier molecular flexibility index (Phi) is 4.53. The maximum Gasteiger partial charge on any atom is 0.410 e. The summed E-state index contributed by atoms with van der Waals surface area (Å²) in [6.45, 7) is 6.01. The summed E-state index contributed by atoms with van der Waals surface area (Å²) in [5, 5.41) is 4.26. The van der Waals surface area contributed by atoms with Crippen molar-refractivity contribution in [3.63, 3.8) is 0 Å². The lowest BCUT2D eigenvalue weighted by molar-refractivity contribution is 0.00313. The predicted molar refractivity (Wildman–Crippen MR) is 101 cm³/mol.